The number of halogens is 2. The lowest BCUT2D eigenvalue weighted by molar-refractivity contribution is -0.116. The molecule has 0 spiro atoms. The normalized spacial score (nSPS) is 13.4. The summed E-state index contributed by atoms with van der Waals surface area (Å²) < 4.78 is 19.7. The van der Waals surface area contributed by atoms with E-state index >= 15 is 0 Å². The molecule has 0 atom stereocenters. The molecule has 26 heavy (non-hydrogen) atoms. The fraction of sp³-hybridized carbons (Fsp3) is 0.111. The summed E-state index contributed by atoms with van der Waals surface area (Å²) in [6, 6.07) is 10.7. The van der Waals surface area contributed by atoms with E-state index in [0.717, 1.165) is 5.75 Å². The van der Waals surface area contributed by atoms with Crippen LogP contribution in [0.3, 0.4) is 0 Å². The zero-order chi connectivity index (χ0) is 18.5. The first-order chi connectivity index (χ1) is 12.5. The van der Waals surface area contributed by atoms with Gasteiger partial charge in [0, 0.05) is 26.9 Å². The second kappa shape index (κ2) is 8.37. The lowest BCUT2D eigenvalue weighted by Crippen LogP contribution is -2.19. The molecule has 0 aromatic heterocycles. The predicted octanol–water partition coefficient (Wildman–Crippen LogP) is 4.38. The zero-order valence-corrected chi connectivity index (χ0v) is 15.8. The van der Waals surface area contributed by atoms with E-state index in [2.05, 4.69) is 26.6 Å². The van der Waals surface area contributed by atoms with Crippen molar-refractivity contribution in [2.45, 2.75) is 0 Å². The molecule has 1 aliphatic rings. The number of anilines is 2. The number of thioether (sulfide) groups is 1. The highest BCUT2D eigenvalue weighted by Gasteiger charge is 2.15. The van der Waals surface area contributed by atoms with Crippen LogP contribution in [0.4, 0.5) is 15.8 Å². The number of benzene rings is 2. The lowest BCUT2D eigenvalue weighted by Gasteiger charge is -2.14. The Morgan fingerprint density at radius 3 is 2.50 bits per heavy atom. The van der Waals surface area contributed by atoms with Gasteiger partial charge in [-0.15, -0.1) is 11.8 Å². The van der Waals surface area contributed by atoms with Crippen molar-refractivity contribution in [3.63, 3.8) is 0 Å². The van der Waals surface area contributed by atoms with Crippen LogP contribution in [-0.4, -0.2) is 24.2 Å². The van der Waals surface area contributed by atoms with Gasteiger partial charge in [-0.1, -0.05) is 15.9 Å². The van der Waals surface area contributed by atoms with E-state index in [1.165, 1.54) is 23.9 Å². The minimum Gasteiger partial charge on any atom is -0.487 e. The van der Waals surface area contributed by atoms with E-state index in [0.29, 0.717) is 22.3 Å². The highest BCUT2D eigenvalue weighted by Crippen LogP contribution is 2.21. The summed E-state index contributed by atoms with van der Waals surface area (Å²) >= 11 is 4.68. The average Bonchev–Trinajstić information content (AvgIpc) is 2.65. The summed E-state index contributed by atoms with van der Waals surface area (Å²) in [5.74, 6) is -0.228. The number of amides is 2. The maximum atomic E-state index is 13.8. The van der Waals surface area contributed by atoms with Crippen molar-refractivity contribution in [1.29, 1.82) is 0 Å². The summed E-state index contributed by atoms with van der Waals surface area (Å²) in [4.78, 5) is 24.3. The van der Waals surface area contributed by atoms with Crippen molar-refractivity contribution in [2.24, 2.45) is 0 Å². The van der Waals surface area contributed by atoms with Crippen molar-refractivity contribution in [1.82, 2.24) is 0 Å². The summed E-state index contributed by atoms with van der Waals surface area (Å²) in [6.07, 6.45) is 0. The van der Waals surface area contributed by atoms with Gasteiger partial charge in [-0.05, 0) is 42.5 Å². The molecule has 1 heterocycles. The largest absolute Gasteiger partial charge is 0.487 e. The first-order valence-electron chi connectivity index (χ1n) is 7.65. The Morgan fingerprint density at radius 1 is 1.08 bits per heavy atom. The Labute approximate surface area is 162 Å². The Hall–Kier alpha value is -2.32. The lowest BCUT2D eigenvalue weighted by atomic mass is 10.2. The van der Waals surface area contributed by atoms with Crippen LogP contribution in [0, 0.1) is 5.82 Å². The third-order valence-electron chi connectivity index (χ3n) is 3.46. The molecule has 5 nitrogen and oxygen atoms in total. The van der Waals surface area contributed by atoms with E-state index < -0.39 is 11.7 Å². The molecule has 8 heteroatoms. The van der Waals surface area contributed by atoms with Crippen LogP contribution in [0.25, 0.3) is 0 Å². The molecule has 0 radical (unpaired) electrons. The SMILES string of the molecule is O=C(Nc1ccc(C(=O)Nc2ccc(Br)cc2F)cc1)C1=CSCCO1. The van der Waals surface area contributed by atoms with Gasteiger partial charge in [-0.25, -0.2) is 4.39 Å². The number of carbonyl (C=O) groups is 2. The molecule has 134 valence electrons. The Bertz CT molecular complexity index is 871. The van der Waals surface area contributed by atoms with E-state index in [1.54, 1.807) is 35.7 Å². The third-order valence-corrected chi connectivity index (χ3v) is 4.73. The number of hydrogen-bond acceptors (Lipinski definition) is 4. The van der Waals surface area contributed by atoms with Crippen LogP contribution in [0.15, 0.2) is 58.1 Å². The second-order valence-electron chi connectivity index (χ2n) is 5.31. The molecule has 2 N–H and O–H groups in total. The molecule has 1 aliphatic heterocycles. The van der Waals surface area contributed by atoms with Crippen molar-refractivity contribution < 1.29 is 18.7 Å². The summed E-state index contributed by atoms with van der Waals surface area (Å²) in [6.45, 7) is 0.496. The number of rotatable bonds is 4. The predicted molar refractivity (Wildman–Crippen MR) is 104 cm³/mol. The van der Waals surface area contributed by atoms with Crippen LogP contribution in [0.2, 0.25) is 0 Å². The maximum absolute atomic E-state index is 13.8. The summed E-state index contributed by atoms with van der Waals surface area (Å²) in [7, 11) is 0. The molecule has 0 saturated carbocycles. The van der Waals surface area contributed by atoms with Gasteiger partial charge in [0.05, 0.1) is 12.3 Å². The van der Waals surface area contributed by atoms with E-state index in [4.69, 9.17) is 4.74 Å². The van der Waals surface area contributed by atoms with Gasteiger partial charge in [-0.2, -0.15) is 0 Å². The first-order valence-corrected chi connectivity index (χ1v) is 9.49. The summed E-state index contributed by atoms with van der Waals surface area (Å²) in [5.41, 5.74) is 0.963. The van der Waals surface area contributed by atoms with Gasteiger partial charge in [0.1, 0.15) is 5.82 Å². The minimum absolute atomic E-state index is 0.0921. The summed E-state index contributed by atoms with van der Waals surface area (Å²) in [5, 5.41) is 6.89. The van der Waals surface area contributed by atoms with Gasteiger partial charge in [0.2, 0.25) is 0 Å². The highest BCUT2D eigenvalue weighted by atomic mass is 79.9. The van der Waals surface area contributed by atoms with Gasteiger partial charge < -0.3 is 15.4 Å². The maximum Gasteiger partial charge on any atom is 0.291 e. The number of hydrogen-bond donors (Lipinski definition) is 2. The van der Waals surface area contributed by atoms with Crippen LogP contribution in [-0.2, 0) is 9.53 Å². The fourth-order valence-electron chi connectivity index (χ4n) is 2.17. The minimum atomic E-state index is -0.532. The first kappa shape index (κ1) is 18.5. The molecule has 0 aliphatic carbocycles. The number of carbonyl (C=O) groups excluding carboxylic acids is 2. The molecule has 0 saturated heterocycles. The van der Waals surface area contributed by atoms with E-state index in [9.17, 15) is 14.0 Å². The number of ether oxygens (including phenoxy) is 1. The topological polar surface area (TPSA) is 67.4 Å². The zero-order valence-electron chi connectivity index (χ0n) is 13.4. The Kier molecular flexibility index (Phi) is 5.95. The quantitative estimate of drug-likeness (QED) is 0.745. The highest BCUT2D eigenvalue weighted by molar-refractivity contribution is 9.10. The standard InChI is InChI=1S/C18H14BrFN2O3S/c19-12-3-6-15(14(20)9-12)22-17(23)11-1-4-13(5-2-11)21-18(24)16-10-26-8-7-25-16/h1-6,9-10H,7-8H2,(H,21,24)(H,22,23). The smallest absolute Gasteiger partial charge is 0.291 e. The van der Waals surface area contributed by atoms with E-state index in [-0.39, 0.29) is 17.4 Å². The van der Waals surface area contributed by atoms with Crippen LogP contribution in [0.5, 0.6) is 0 Å². The molecule has 0 fully saturated rings. The van der Waals surface area contributed by atoms with Crippen molar-refractivity contribution >= 4 is 50.9 Å². The Morgan fingerprint density at radius 2 is 1.85 bits per heavy atom. The number of nitrogens with one attached hydrogen (secondary N) is 2. The van der Waals surface area contributed by atoms with E-state index in [1.807, 2.05) is 0 Å². The van der Waals surface area contributed by atoms with Gasteiger partial charge in [0.15, 0.2) is 5.76 Å². The van der Waals surface area contributed by atoms with Crippen LogP contribution >= 0.6 is 27.7 Å². The molecule has 0 unspecified atom stereocenters. The van der Waals surface area contributed by atoms with Gasteiger partial charge in [-0.3, -0.25) is 9.59 Å². The molecule has 3 rings (SSSR count). The van der Waals surface area contributed by atoms with Gasteiger partial charge in [0.25, 0.3) is 11.8 Å². The third kappa shape index (κ3) is 4.64. The second-order valence-corrected chi connectivity index (χ2v) is 7.20. The molecular weight excluding hydrogens is 423 g/mol. The fourth-order valence-corrected chi connectivity index (χ4v) is 3.13. The van der Waals surface area contributed by atoms with Crippen molar-refractivity contribution in [3.8, 4) is 0 Å². The monoisotopic (exact) mass is 436 g/mol. The molecule has 2 aromatic rings. The Balaban J connectivity index is 1.64. The molecular formula is C18H14BrFN2O3S. The van der Waals surface area contributed by atoms with Crippen LogP contribution < -0.4 is 10.6 Å². The molecule has 2 amide bonds. The van der Waals surface area contributed by atoms with Crippen LogP contribution in [0.1, 0.15) is 10.4 Å². The average molecular weight is 437 g/mol. The van der Waals surface area contributed by atoms with Gasteiger partial charge >= 0.3 is 0 Å². The molecule has 2 aromatic carbocycles. The molecule has 0 bridgehead atoms. The van der Waals surface area contributed by atoms with Crippen molar-refractivity contribution in [2.75, 3.05) is 23.0 Å². The van der Waals surface area contributed by atoms with Crippen molar-refractivity contribution in [3.05, 3.63) is 69.5 Å².